The van der Waals surface area contributed by atoms with E-state index in [-0.39, 0.29) is 5.91 Å². The molecule has 2 rings (SSSR count). The van der Waals surface area contributed by atoms with E-state index in [0.717, 1.165) is 15.7 Å². The van der Waals surface area contributed by atoms with Gasteiger partial charge in [0.05, 0.1) is 17.5 Å². The summed E-state index contributed by atoms with van der Waals surface area (Å²) in [5, 5.41) is 2.83. The molecule has 0 aliphatic rings. The smallest absolute Gasteiger partial charge is 0.259 e. The second kappa shape index (κ2) is 4.75. The van der Waals surface area contributed by atoms with Crippen LogP contribution in [0.3, 0.4) is 0 Å². The number of amides is 1. The largest absolute Gasteiger partial charge is 0.469 e. The van der Waals surface area contributed by atoms with E-state index >= 15 is 0 Å². The monoisotopic (exact) mass is 293 g/mol. The maximum absolute atomic E-state index is 11.9. The predicted molar refractivity (Wildman–Crippen MR) is 70.3 cm³/mol. The van der Waals surface area contributed by atoms with Crippen LogP contribution in [0.4, 0.5) is 5.69 Å². The first-order chi connectivity index (χ1) is 8.08. The van der Waals surface area contributed by atoms with Gasteiger partial charge in [-0.15, -0.1) is 0 Å². The van der Waals surface area contributed by atoms with Gasteiger partial charge in [0, 0.05) is 4.47 Å². The molecule has 1 N–H and O–H groups in total. The zero-order valence-corrected chi connectivity index (χ0v) is 11.2. The number of furan rings is 1. The number of carbonyl (C=O) groups is 1. The Hall–Kier alpha value is -1.55. The van der Waals surface area contributed by atoms with Gasteiger partial charge in [0.15, 0.2) is 0 Å². The average molecular weight is 294 g/mol. The summed E-state index contributed by atoms with van der Waals surface area (Å²) in [6.07, 6.45) is 1.51. The molecule has 0 spiro atoms. The van der Waals surface area contributed by atoms with Gasteiger partial charge in [0.25, 0.3) is 5.91 Å². The van der Waals surface area contributed by atoms with Crippen molar-refractivity contribution in [3.63, 3.8) is 0 Å². The van der Waals surface area contributed by atoms with Gasteiger partial charge in [-0.3, -0.25) is 4.79 Å². The Bertz CT molecular complexity index is 560. The lowest BCUT2D eigenvalue weighted by atomic mass is 10.2. The topological polar surface area (TPSA) is 42.2 Å². The second-order valence-corrected chi connectivity index (χ2v) is 4.68. The van der Waals surface area contributed by atoms with Crippen LogP contribution >= 0.6 is 15.9 Å². The highest BCUT2D eigenvalue weighted by molar-refractivity contribution is 9.10. The van der Waals surface area contributed by atoms with Crippen LogP contribution in [0.25, 0.3) is 0 Å². The summed E-state index contributed by atoms with van der Waals surface area (Å²) in [7, 11) is 0. The Morgan fingerprint density at radius 3 is 2.65 bits per heavy atom. The normalized spacial score (nSPS) is 10.3. The fourth-order valence-electron chi connectivity index (χ4n) is 1.53. The summed E-state index contributed by atoms with van der Waals surface area (Å²) in [5.41, 5.74) is 2.44. The fraction of sp³-hybridized carbons (Fsp3) is 0.154. The van der Waals surface area contributed by atoms with E-state index in [4.69, 9.17) is 4.42 Å². The molecule has 4 heteroatoms. The van der Waals surface area contributed by atoms with Crippen LogP contribution < -0.4 is 5.32 Å². The van der Waals surface area contributed by atoms with E-state index in [2.05, 4.69) is 21.2 Å². The summed E-state index contributed by atoms with van der Waals surface area (Å²) in [4.78, 5) is 11.9. The van der Waals surface area contributed by atoms with Crippen molar-refractivity contribution in [1.29, 1.82) is 0 Å². The number of aryl methyl sites for hydroxylation is 2. The van der Waals surface area contributed by atoms with Crippen molar-refractivity contribution in [2.45, 2.75) is 13.8 Å². The molecule has 0 atom stereocenters. The fourth-order valence-corrected chi connectivity index (χ4v) is 2.12. The molecule has 0 aliphatic heterocycles. The van der Waals surface area contributed by atoms with Crippen LogP contribution in [-0.4, -0.2) is 5.91 Å². The van der Waals surface area contributed by atoms with Gasteiger partial charge in [0.1, 0.15) is 5.76 Å². The zero-order chi connectivity index (χ0) is 12.4. The number of rotatable bonds is 2. The maximum Gasteiger partial charge on any atom is 0.259 e. The van der Waals surface area contributed by atoms with Crippen LogP contribution in [0.1, 0.15) is 21.7 Å². The van der Waals surface area contributed by atoms with Crippen molar-refractivity contribution in [1.82, 2.24) is 0 Å². The van der Waals surface area contributed by atoms with Gasteiger partial charge in [-0.25, -0.2) is 0 Å². The molecule has 0 unspecified atom stereocenters. The third kappa shape index (κ3) is 2.58. The molecule has 1 aromatic heterocycles. The number of nitrogens with one attached hydrogen (secondary N) is 1. The molecule has 1 heterocycles. The summed E-state index contributed by atoms with van der Waals surface area (Å²) in [6.45, 7) is 3.76. The van der Waals surface area contributed by atoms with Gasteiger partial charge < -0.3 is 9.73 Å². The van der Waals surface area contributed by atoms with Crippen LogP contribution in [0, 0.1) is 13.8 Å². The highest BCUT2D eigenvalue weighted by Crippen LogP contribution is 2.24. The molecule has 1 amide bonds. The average Bonchev–Trinajstić information content (AvgIpc) is 2.68. The first-order valence-corrected chi connectivity index (χ1v) is 5.99. The minimum Gasteiger partial charge on any atom is -0.469 e. The Labute approximate surface area is 108 Å². The highest BCUT2D eigenvalue weighted by Gasteiger charge is 2.12. The van der Waals surface area contributed by atoms with Crippen LogP contribution in [0.5, 0.6) is 0 Å². The number of hydrogen-bond acceptors (Lipinski definition) is 2. The van der Waals surface area contributed by atoms with Crippen LogP contribution in [0.15, 0.2) is 39.4 Å². The Balaban J connectivity index is 2.22. The Morgan fingerprint density at radius 1 is 1.29 bits per heavy atom. The molecular weight excluding hydrogens is 282 g/mol. The number of anilines is 1. The SMILES string of the molecule is Cc1ccc(NC(=O)c2ccoc2C)c(Br)c1. The molecule has 0 bridgehead atoms. The molecule has 0 fully saturated rings. The van der Waals surface area contributed by atoms with Gasteiger partial charge in [-0.2, -0.15) is 0 Å². The Morgan fingerprint density at radius 2 is 2.06 bits per heavy atom. The molecule has 0 saturated carbocycles. The van der Waals surface area contributed by atoms with Gasteiger partial charge >= 0.3 is 0 Å². The van der Waals surface area contributed by atoms with Crippen molar-refractivity contribution in [2.24, 2.45) is 0 Å². The van der Waals surface area contributed by atoms with Crippen molar-refractivity contribution < 1.29 is 9.21 Å². The molecular formula is C13H12BrNO2. The zero-order valence-electron chi connectivity index (χ0n) is 9.58. The number of hydrogen-bond donors (Lipinski definition) is 1. The minimum atomic E-state index is -0.166. The van der Waals surface area contributed by atoms with E-state index in [1.54, 1.807) is 13.0 Å². The van der Waals surface area contributed by atoms with Crippen LogP contribution in [0.2, 0.25) is 0 Å². The number of carbonyl (C=O) groups excluding carboxylic acids is 1. The van der Waals surface area contributed by atoms with E-state index in [0.29, 0.717) is 11.3 Å². The first kappa shape index (κ1) is 11.9. The molecule has 17 heavy (non-hydrogen) atoms. The van der Waals surface area contributed by atoms with Gasteiger partial charge in [0.2, 0.25) is 0 Å². The van der Waals surface area contributed by atoms with E-state index in [9.17, 15) is 4.79 Å². The molecule has 3 nitrogen and oxygen atoms in total. The van der Waals surface area contributed by atoms with E-state index in [1.807, 2.05) is 25.1 Å². The lowest BCUT2D eigenvalue weighted by molar-refractivity contribution is 0.102. The second-order valence-electron chi connectivity index (χ2n) is 3.83. The first-order valence-electron chi connectivity index (χ1n) is 5.19. The highest BCUT2D eigenvalue weighted by atomic mass is 79.9. The summed E-state index contributed by atoms with van der Waals surface area (Å²) >= 11 is 3.42. The molecule has 0 radical (unpaired) electrons. The molecule has 1 aromatic carbocycles. The lowest BCUT2D eigenvalue weighted by Crippen LogP contribution is -2.12. The minimum absolute atomic E-state index is 0.166. The summed E-state index contributed by atoms with van der Waals surface area (Å²) in [6, 6.07) is 7.43. The third-order valence-electron chi connectivity index (χ3n) is 2.48. The lowest BCUT2D eigenvalue weighted by Gasteiger charge is -2.07. The number of benzene rings is 1. The van der Waals surface area contributed by atoms with E-state index < -0.39 is 0 Å². The molecule has 0 saturated heterocycles. The molecule has 0 aliphatic carbocycles. The predicted octanol–water partition coefficient (Wildman–Crippen LogP) is 3.91. The van der Waals surface area contributed by atoms with Crippen molar-refractivity contribution in [3.05, 3.63) is 51.9 Å². The van der Waals surface area contributed by atoms with Crippen molar-refractivity contribution in [2.75, 3.05) is 5.32 Å². The molecule has 88 valence electrons. The third-order valence-corrected chi connectivity index (χ3v) is 3.13. The van der Waals surface area contributed by atoms with Crippen molar-refractivity contribution >= 4 is 27.5 Å². The standard InChI is InChI=1S/C13H12BrNO2/c1-8-3-4-12(11(14)7-8)15-13(16)10-5-6-17-9(10)2/h3-7H,1-2H3,(H,15,16). The summed E-state index contributed by atoms with van der Waals surface area (Å²) in [5.74, 6) is 0.450. The quantitative estimate of drug-likeness (QED) is 0.912. The van der Waals surface area contributed by atoms with Gasteiger partial charge in [-0.05, 0) is 53.5 Å². The Kier molecular flexibility index (Phi) is 3.33. The van der Waals surface area contributed by atoms with Crippen molar-refractivity contribution in [3.8, 4) is 0 Å². The van der Waals surface area contributed by atoms with Crippen LogP contribution in [-0.2, 0) is 0 Å². The number of halogens is 1. The maximum atomic E-state index is 11.9. The molecule has 2 aromatic rings. The summed E-state index contributed by atoms with van der Waals surface area (Å²) < 4.78 is 5.97. The van der Waals surface area contributed by atoms with E-state index in [1.165, 1.54) is 6.26 Å². The van der Waals surface area contributed by atoms with Gasteiger partial charge in [-0.1, -0.05) is 6.07 Å².